The van der Waals surface area contributed by atoms with Crippen LogP contribution in [0.25, 0.3) is 0 Å². The summed E-state index contributed by atoms with van der Waals surface area (Å²) in [6, 6.07) is 9.11. The van der Waals surface area contributed by atoms with Gasteiger partial charge in [0.05, 0.1) is 41.9 Å². The number of carbonyl (C=O) groups excluding carboxylic acids is 1. The van der Waals surface area contributed by atoms with E-state index in [9.17, 15) is 25.2 Å². The van der Waals surface area contributed by atoms with Crippen molar-refractivity contribution in [2.24, 2.45) is 11.8 Å². The zero-order chi connectivity index (χ0) is 49.9. The van der Waals surface area contributed by atoms with E-state index in [0.717, 1.165) is 50.6 Å². The van der Waals surface area contributed by atoms with Crippen LogP contribution in [0.2, 0.25) is 0 Å². The molecule has 362 valence electrons. The van der Waals surface area contributed by atoms with Crippen LogP contribution in [0.5, 0.6) is 23.0 Å². The Kier molecular flexibility index (Phi) is 38.3. The number of nitriles is 2. The van der Waals surface area contributed by atoms with Crippen molar-refractivity contribution in [2.75, 3.05) is 33.5 Å². The normalized spacial score (nSPS) is 20.2. The zero-order valence-electron chi connectivity index (χ0n) is 44.0. The van der Waals surface area contributed by atoms with Gasteiger partial charge >= 0.3 is 11.9 Å². The Morgan fingerprint density at radius 2 is 0.794 bits per heavy atom. The second kappa shape index (κ2) is 37.0. The minimum absolute atomic E-state index is 0.116. The van der Waals surface area contributed by atoms with Crippen molar-refractivity contribution < 1.29 is 38.4 Å². The van der Waals surface area contributed by atoms with Crippen LogP contribution in [0.1, 0.15) is 196 Å². The fraction of sp³-hybridized carbons (Fsp3) is 0.698. The quantitative estimate of drug-likeness (QED) is 0.294. The molecule has 0 spiro atoms. The molecule has 6 rings (SSSR count). The van der Waals surface area contributed by atoms with Crippen LogP contribution < -0.4 is 18.9 Å². The molecule has 0 unspecified atom stereocenters. The highest BCUT2D eigenvalue weighted by Crippen LogP contribution is 2.52. The van der Waals surface area contributed by atoms with Crippen molar-refractivity contribution in [3.63, 3.8) is 0 Å². The zero-order valence-corrected chi connectivity index (χ0v) is 44.0. The van der Waals surface area contributed by atoms with Gasteiger partial charge in [-0.2, -0.15) is 10.5 Å². The molecule has 4 aliphatic rings. The largest absolute Gasteiger partial charge is 0.486 e. The number of carboxylic acid groups (broad SMARTS) is 1. The monoisotopic (exact) mass is 885 g/mol. The molecule has 2 saturated carbocycles. The molecule has 2 heterocycles. The highest BCUT2D eigenvalue weighted by Gasteiger charge is 2.45. The molecular weight excluding hydrogens is 793 g/mol. The topological polar surface area (TPSA) is 148 Å². The van der Waals surface area contributed by atoms with Gasteiger partial charge in [0, 0.05) is 11.1 Å². The summed E-state index contributed by atoms with van der Waals surface area (Å²) in [5.41, 5.74) is 4.62. The Hall–Kier alpha value is -4.44. The number of esters is 1. The average Bonchev–Trinajstić information content (AvgIpc) is 3.36. The maximum absolute atomic E-state index is 11.8. The lowest BCUT2D eigenvalue weighted by molar-refractivity contribution is -0.147. The molecule has 63 heavy (non-hydrogen) atoms. The van der Waals surface area contributed by atoms with Gasteiger partial charge in [0.25, 0.3) is 0 Å². The Bertz CT molecular complexity index is 1620. The summed E-state index contributed by atoms with van der Waals surface area (Å²) in [5, 5.41) is 29.1. The van der Waals surface area contributed by atoms with E-state index in [1.807, 2.05) is 145 Å². The molecule has 2 aliphatic heterocycles. The van der Waals surface area contributed by atoms with Crippen molar-refractivity contribution in [2.45, 2.75) is 201 Å². The van der Waals surface area contributed by atoms with Gasteiger partial charge < -0.3 is 28.8 Å². The molecule has 2 fully saturated rings. The summed E-state index contributed by atoms with van der Waals surface area (Å²) in [6.07, 6.45) is 4.69. The number of hydrogen-bond acceptors (Lipinski definition) is 9. The van der Waals surface area contributed by atoms with Gasteiger partial charge in [-0.15, -0.1) is 0 Å². The Balaban J connectivity index is -0.000000420. The van der Waals surface area contributed by atoms with Gasteiger partial charge in [-0.25, -0.2) is 0 Å². The second-order valence-corrected chi connectivity index (χ2v) is 13.3. The molecule has 2 aromatic carbocycles. The molecule has 0 atom stereocenters. The van der Waals surface area contributed by atoms with Crippen LogP contribution in [-0.2, 0) is 25.2 Å². The average molecular weight is 885 g/mol. The lowest BCUT2D eigenvalue weighted by Crippen LogP contribution is -2.35. The van der Waals surface area contributed by atoms with Crippen molar-refractivity contribution >= 4 is 11.9 Å². The number of carbonyl (C=O) groups is 2. The van der Waals surface area contributed by atoms with E-state index >= 15 is 0 Å². The van der Waals surface area contributed by atoms with Gasteiger partial charge in [-0.1, -0.05) is 123 Å². The third kappa shape index (κ3) is 17.2. The molecule has 10 heteroatoms. The van der Waals surface area contributed by atoms with Gasteiger partial charge in [-0.3, -0.25) is 9.59 Å². The first-order chi connectivity index (χ1) is 30.5. The van der Waals surface area contributed by atoms with E-state index in [1.165, 1.54) is 7.11 Å². The van der Waals surface area contributed by atoms with E-state index < -0.39 is 16.8 Å². The predicted molar refractivity (Wildman–Crippen MR) is 263 cm³/mol. The summed E-state index contributed by atoms with van der Waals surface area (Å²) in [4.78, 5) is 23.0. The lowest BCUT2D eigenvalue weighted by Gasteiger charge is -2.37. The third-order valence-corrected chi connectivity index (χ3v) is 10.3. The summed E-state index contributed by atoms with van der Waals surface area (Å²) >= 11 is 0. The first kappa shape index (κ1) is 65.2. The summed E-state index contributed by atoms with van der Waals surface area (Å²) in [6.45, 7) is 42.0. The second-order valence-electron chi connectivity index (χ2n) is 13.3. The van der Waals surface area contributed by atoms with E-state index in [4.69, 9.17) is 23.7 Å². The van der Waals surface area contributed by atoms with Gasteiger partial charge in [0.1, 0.15) is 26.4 Å². The number of fused-ring (bicyclic) bond motifs is 2. The standard InChI is InChI=1S/C19H23NO4.C18H21NO4.8C2H6/c1-12-10-13(2)16-17(24-9-8-23-16)15(12)19(11-20)6-4-14(5-7-19)18(21)22-3;1-11-9-12(2)15-16(23-8-7-22-15)14(11)18(10-19)5-3-13(4-6-18)17(20)21;8*1-2/h10,14H,4-9H2,1-3H3;9,13H,3-8H2,1-2H3,(H,20,21);8*1-2H3. The SMILES string of the molecule is CC.CC.CC.CC.CC.CC.CC.CC.COC(=O)C1CCC(C#N)(c2c(C)cc(C)c3c2OCCO3)CC1.Cc1cc(C)c(C2(C#N)CCC(C(=O)O)CC2)c2c1OCCO2. The maximum Gasteiger partial charge on any atom is 0.308 e. The fourth-order valence-electron chi connectivity index (χ4n) is 7.97. The van der Waals surface area contributed by atoms with Crippen LogP contribution in [0.15, 0.2) is 12.1 Å². The lowest BCUT2D eigenvalue weighted by atomic mass is 9.66. The summed E-state index contributed by atoms with van der Waals surface area (Å²) < 4.78 is 28.2. The van der Waals surface area contributed by atoms with Crippen LogP contribution in [0, 0.1) is 62.2 Å². The number of nitrogens with zero attached hydrogens (tertiary/aromatic N) is 2. The minimum atomic E-state index is -0.765. The molecular formula is C53H92N2O8. The molecule has 2 aliphatic carbocycles. The molecule has 2 aromatic rings. The van der Waals surface area contributed by atoms with Crippen LogP contribution in [0.4, 0.5) is 0 Å². The van der Waals surface area contributed by atoms with Crippen molar-refractivity contribution in [1.29, 1.82) is 10.5 Å². The molecule has 0 radical (unpaired) electrons. The number of hydrogen-bond donors (Lipinski definition) is 1. The predicted octanol–water partition coefficient (Wildman–Crippen LogP) is 14.5. The smallest absolute Gasteiger partial charge is 0.308 e. The number of carboxylic acids is 1. The number of benzene rings is 2. The minimum Gasteiger partial charge on any atom is -0.486 e. The van der Waals surface area contributed by atoms with E-state index in [2.05, 4.69) is 18.2 Å². The number of aliphatic carboxylic acids is 1. The maximum atomic E-state index is 11.8. The van der Waals surface area contributed by atoms with Gasteiger partial charge in [0.15, 0.2) is 23.0 Å². The third-order valence-electron chi connectivity index (χ3n) is 10.3. The highest BCUT2D eigenvalue weighted by atomic mass is 16.6. The Morgan fingerprint density at radius 1 is 0.524 bits per heavy atom. The molecule has 0 aromatic heterocycles. The van der Waals surface area contributed by atoms with Crippen molar-refractivity contribution in [3.8, 4) is 35.1 Å². The molecule has 1 N–H and O–H groups in total. The number of aryl methyl sites for hydroxylation is 4. The Labute approximate surface area is 386 Å². The molecule has 10 nitrogen and oxygen atoms in total. The Morgan fingerprint density at radius 3 is 1.05 bits per heavy atom. The number of rotatable bonds is 4. The van der Waals surface area contributed by atoms with E-state index in [1.54, 1.807) is 0 Å². The van der Waals surface area contributed by atoms with E-state index in [-0.39, 0.29) is 17.8 Å². The first-order valence-electron chi connectivity index (χ1n) is 24.4. The molecule has 0 amide bonds. The van der Waals surface area contributed by atoms with Crippen molar-refractivity contribution in [1.82, 2.24) is 0 Å². The van der Waals surface area contributed by atoms with E-state index in [0.29, 0.717) is 83.5 Å². The van der Waals surface area contributed by atoms with Crippen molar-refractivity contribution in [3.05, 3.63) is 45.5 Å². The summed E-state index contributed by atoms with van der Waals surface area (Å²) in [5.74, 6) is 1.48. The van der Waals surface area contributed by atoms with Gasteiger partial charge in [0.2, 0.25) is 0 Å². The van der Waals surface area contributed by atoms with Crippen LogP contribution >= 0.6 is 0 Å². The van der Waals surface area contributed by atoms with Crippen LogP contribution in [-0.4, -0.2) is 50.6 Å². The first-order valence-corrected chi connectivity index (χ1v) is 24.4. The summed E-state index contributed by atoms with van der Waals surface area (Å²) in [7, 11) is 1.42. The highest BCUT2D eigenvalue weighted by molar-refractivity contribution is 5.73. The number of ether oxygens (including phenoxy) is 5. The number of methoxy groups -OCH3 is 1. The molecule has 0 bridgehead atoms. The fourth-order valence-corrected chi connectivity index (χ4v) is 7.97. The van der Waals surface area contributed by atoms with Crippen LogP contribution in [0.3, 0.4) is 0 Å². The molecule has 0 saturated heterocycles. The van der Waals surface area contributed by atoms with Gasteiger partial charge in [-0.05, 0) is 101 Å².